The van der Waals surface area contributed by atoms with Gasteiger partial charge in [-0.1, -0.05) is 25.1 Å². The third kappa shape index (κ3) is 3.85. The van der Waals surface area contributed by atoms with Crippen LogP contribution in [-0.2, 0) is 6.42 Å². The number of aromatic nitrogens is 2. The maximum atomic E-state index is 10.5. The highest BCUT2D eigenvalue weighted by atomic mass is 16.5. The Labute approximate surface area is 126 Å². The van der Waals surface area contributed by atoms with Gasteiger partial charge in [0.25, 0.3) is 0 Å². The quantitative estimate of drug-likeness (QED) is 0.848. The highest BCUT2D eigenvalue weighted by molar-refractivity contribution is 5.35. The lowest BCUT2D eigenvalue weighted by Crippen LogP contribution is -2.08. The lowest BCUT2D eigenvalue weighted by atomic mass is 10.0. The Morgan fingerprint density at radius 1 is 1.24 bits per heavy atom. The molecule has 4 heteroatoms. The maximum absolute atomic E-state index is 10.5. The van der Waals surface area contributed by atoms with Crippen molar-refractivity contribution in [3.05, 3.63) is 47.8 Å². The summed E-state index contributed by atoms with van der Waals surface area (Å²) in [5, 5.41) is 15.0. The van der Waals surface area contributed by atoms with Crippen LogP contribution in [-0.4, -0.2) is 21.5 Å². The maximum Gasteiger partial charge on any atom is 0.125 e. The number of nitrogens with zero attached hydrogens (tertiary/aromatic N) is 2. The monoisotopic (exact) mass is 288 g/mol. The van der Waals surface area contributed by atoms with E-state index >= 15 is 0 Å². The molecule has 0 amide bonds. The molecule has 4 nitrogen and oxygen atoms in total. The average Bonchev–Trinajstić information content (AvgIpc) is 2.95. The molecule has 0 fully saturated rings. The molecular weight excluding hydrogens is 264 g/mol. The Hall–Kier alpha value is -1.81. The molecule has 0 aliphatic carbocycles. The van der Waals surface area contributed by atoms with E-state index in [0.717, 1.165) is 23.4 Å². The summed E-state index contributed by atoms with van der Waals surface area (Å²) in [5.74, 6) is 0.744. The number of hydrogen-bond acceptors (Lipinski definition) is 3. The summed E-state index contributed by atoms with van der Waals surface area (Å²) in [5.41, 5.74) is 1.71. The number of ether oxygens (including phenoxy) is 1. The summed E-state index contributed by atoms with van der Waals surface area (Å²) >= 11 is 0. The zero-order valence-electron chi connectivity index (χ0n) is 13.0. The molecule has 114 valence electrons. The first-order valence-corrected chi connectivity index (χ1v) is 7.59. The third-order valence-electron chi connectivity index (χ3n) is 3.69. The minimum Gasteiger partial charge on any atom is -0.493 e. The van der Waals surface area contributed by atoms with E-state index in [1.807, 2.05) is 48.1 Å². The van der Waals surface area contributed by atoms with Gasteiger partial charge in [-0.2, -0.15) is 5.10 Å². The Kier molecular flexibility index (Phi) is 5.39. The second-order valence-electron chi connectivity index (χ2n) is 5.24. The summed E-state index contributed by atoms with van der Waals surface area (Å²) in [6.45, 7) is 6.81. The van der Waals surface area contributed by atoms with Crippen molar-refractivity contribution in [1.29, 1.82) is 0 Å². The van der Waals surface area contributed by atoms with Crippen molar-refractivity contribution in [2.75, 3.05) is 6.61 Å². The van der Waals surface area contributed by atoms with E-state index in [1.54, 1.807) is 0 Å². The molecule has 0 radical (unpaired) electrons. The topological polar surface area (TPSA) is 47.3 Å². The van der Waals surface area contributed by atoms with Gasteiger partial charge in [-0.3, -0.25) is 4.68 Å². The fourth-order valence-electron chi connectivity index (χ4n) is 2.27. The molecule has 0 aliphatic heterocycles. The molecule has 0 spiro atoms. The highest BCUT2D eigenvalue weighted by Gasteiger charge is 2.15. The SMILES string of the molecule is CCOc1ccccc1C(O)Cc1ccn(C(C)CC)n1. The van der Waals surface area contributed by atoms with E-state index in [0.29, 0.717) is 19.1 Å². The fourth-order valence-corrected chi connectivity index (χ4v) is 2.27. The molecule has 2 rings (SSSR count). The van der Waals surface area contributed by atoms with Crippen LogP contribution in [0.2, 0.25) is 0 Å². The first kappa shape index (κ1) is 15.6. The predicted octanol–water partition coefficient (Wildman–Crippen LogP) is 3.53. The molecule has 1 N–H and O–H groups in total. The van der Waals surface area contributed by atoms with Gasteiger partial charge in [0, 0.05) is 24.2 Å². The van der Waals surface area contributed by atoms with Crippen molar-refractivity contribution in [1.82, 2.24) is 9.78 Å². The number of para-hydroxylation sites is 1. The van der Waals surface area contributed by atoms with Crippen LogP contribution in [0.1, 0.15) is 50.6 Å². The second kappa shape index (κ2) is 7.27. The van der Waals surface area contributed by atoms with Crippen molar-refractivity contribution in [3.63, 3.8) is 0 Å². The largest absolute Gasteiger partial charge is 0.493 e. The van der Waals surface area contributed by atoms with Crippen LogP contribution in [0.5, 0.6) is 5.75 Å². The van der Waals surface area contributed by atoms with Crippen molar-refractivity contribution >= 4 is 0 Å². The van der Waals surface area contributed by atoms with Crippen molar-refractivity contribution in [3.8, 4) is 5.75 Å². The van der Waals surface area contributed by atoms with Gasteiger partial charge in [-0.05, 0) is 32.4 Å². The molecule has 0 saturated heterocycles. The van der Waals surface area contributed by atoms with Gasteiger partial charge in [-0.25, -0.2) is 0 Å². The van der Waals surface area contributed by atoms with Gasteiger partial charge >= 0.3 is 0 Å². The Morgan fingerprint density at radius 3 is 2.71 bits per heavy atom. The van der Waals surface area contributed by atoms with Crippen molar-refractivity contribution < 1.29 is 9.84 Å². The molecule has 2 aromatic rings. The predicted molar refractivity (Wildman–Crippen MR) is 83.5 cm³/mol. The van der Waals surface area contributed by atoms with E-state index in [-0.39, 0.29) is 0 Å². The Balaban J connectivity index is 2.11. The molecule has 21 heavy (non-hydrogen) atoms. The molecule has 0 bridgehead atoms. The summed E-state index contributed by atoms with van der Waals surface area (Å²) in [6, 6.07) is 9.98. The standard InChI is InChI=1S/C17H24N2O2/c1-4-13(3)19-11-10-14(18-19)12-16(20)15-8-6-7-9-17(15)21-5-2/h6-11,13,16,20H,4-5,12H2,1-3H3. The molecule has 1 aromatic carbocycles. The molecule has 0 saturated carbocycles. The molecular formula is C17H24N2O2. The number of benzene rings is 1. The molecule has 0 aliphatic rings. The number of aliphatic hydroxyl groups excluding tert-OH is 1. The van der Waals surface area contributed by atoms with Crippen LogP contribution >= 0.6 is 0 Å². The van der Waals surface area contributed by atoms with Crippen LogP contribution < -0.4 is 4.74 Å². The highest BCUT2D eigenvalue weighted by Crippen LogP contribution is 2.27. The first-order valence-electron chi connectivity index (χ1n) is 7.59. The van der Waals surface area contributed by atoms with E-state index in [4.69, 9.17) is 4.74 Å². The minimum atomic E-state index is -0.604. The Morgan fingerprint density at radius 2 is 2.00 bits per heavy atom. The molecule has 2 unspecified atom stereocenters. The summed E-state index contributed by atoms with van der Waals surface area (Å²) in [4.78, 5) is 0. The fraction of sp³-hybridized carbons (Fsp3) is 0.471. The van der Waals surface area contributed by atoms with Gasteiger partial charge in [0.15, 0.2) is 0 Å². The van der Waals surface area contributed by atoms with Crippen molar-refractivity contribution in [2.45, 2.75) is 45.8 Å². The zero-order chi connectivity index (χ0) is 15.2. The van der Waals surface area contributed by atoms with Gasteiger partial charge in [0.05, 0.1) is 18.4 Å². The van der Waals surface area contributed by atoms with E-state index in [1.165, 1.54) is 0 Å². The van der Waals surface area contributed by atoms with Crippen molar-refractivity contribution in [2.24, 2.45) is 0 Å². The molecule has 1 aromatic heterocycles. The van der Waals surface area contributed by atoms with Gasteiger partial charge in [0.2, 0.25) is 0 Å². The van der Waals surface area contributed by atoms with Crippen LogP contribution in [0.15, 0.2) is 36.5 Å². The van der Waals surface area contributed by atoms with Crippen LogP contribution in [0, 0.1) is 0 Å². The van der Waals surface area contributed by atoms with Crippen LogP contribution in [0.25, 0.3) is 0 Å². The number of rotatable bonds is 7. The van der Waals surface area contributed by atoms with E-state index in [2.05, 4.69) is 18.9 Å². The normalized spacial score (nSPS) is 13.9. The van der Waals surface area contributed by atoms with E-state index in [9.17, 15) is 5.11 Å². The summed E-state index contributed by atoms with van der Waals surface area (Å²) in [7, 11) is 0. The molecule has 1 heterocycles. The lowest BCUT2D eigenvalue weighted by molar-refractivity contribution is 0.170. The summed E-state index contributed by atoms with van der Waals surface area (Å²) in [6.07, 6.45) is 2.91. The number of aliphatic hydroxyl groups is 1. The first-order chi connectivity index (χ1) is 10.2. The molecule has 2 atom stereocenters. The minimum absolute atomic E-state index is 0.381. The van der Waals surface area contributed by atoms with Crippen LogP contribution in [0.4, 0.5) is 0 Å². The smallest absolute Gasteiger partial charge is 0.125 e. The second-order valence-corrected chi connectivity index (χ2v) is 5.24. The van der Waals surface area contributed by atoms with Gasteiger partial charge < -0.3 is 9.84 Å². The van der Waals surface area contributed by atoms with E-state index < -0.39 is 6.10 Å². The lowest BCUT2D eigenvalue weighted by Gasteiger charge is -2.15. The van der Waals surface area contributed by atoms with Gasteiger partial charge in [-0.15, -0.1) is 0 Å². The number of hydrogen-bond donors (Lipinski definition) is 1. The van der Waals surface area contributed by atoms with Gasteiger partial charge in [0.1, 0.15) is 5.75 Å². The average molecular weight is 288 g/mol. The summed E-state index contributed by atoms with van der Waals surface area (Å²) < 4.78 is 7.53. The Bertz CT molecular complexity index is 565. The third-order valence-corrected chi connectivity index (χ3v) is 3.69. The van der Waals surface area contributed by atoms with Crippen LogP contribution in [0.3, 0.4) is 0 Å². The zero-order valence-corrected chi connectivity index (χ0v) is 13.0.